The van der Waals surface area contributed by atoms with Crippen LogP contribution in [0.5, 0.6) is 0 Å². The second-order valence-corrected chi connectivity index (χ2v) is 26.4. The lowest BCUT2D eigenvalue weighted by atomic mass is 9.36. The zero-order valence-electron chi connectivity index (χ0n) is 47.7. The van der Waals surface area contributed by atoms with Crippen LogP contribution in [0.15, 0.2) is 109 Å². The van der Waals surface area contributed by atoms with Gasteiger partial charge >= 0.3 is 0 Å². The molecule has 11 rings (SSSR count). The molecule has 4 aliphatic rings. The van der Waals surface area contributed by atoms with Crippen LogP contribution in [0.2, 0.25) is 0 Å². The molecule has 0 bridgehead atoms. The van der Waals surface area contributed by atoms with Crippen LogP contribution in [-0.2, 0) is 32.5 Å². The third kappa shape index (κ3) is 6.84. The summed E-state index contributed by atoms with van der Waals surface area (Å²) in [5.74, 6) is 0. The summed E-state index contributed by atoms with van der Waals surface area (Å²) in [5.41, 5.74) is 18.6. The molecule has 0 atom stereocenters. The molecule has 0 fully saturated rings. The van der Waals surface area contributed by atoms with Crippen molar-refractivity contribution >= 4 is 78.0 Å². The van der Waals surface area contributed by atoms with Crippen LogP contribution in [0.4, 0.5) is 34.1 Å². The summed E-state index contributed by atoms with van der Waals surface area (Å²) < 4.78 is 47.9. The van der Waals surface area contributed by atoms with E-state index in [9.17, 15) is 2.74 Å². The molecule has 0 amide bonds. The average molecular weight is 904 g/mol. The highest BCUT2D eigenvalue weighted by atomic mass is 32.1. The normalized spacial score (nSPS) is 19.6. The fourth-order valence-electron chi connectivity index (χ4n) is 12.2. The standard InChI is InChI=1S/C63H71BN2S/c1-38-31-52-55-53(32-38)66(50-25-21-40(58(2,3)4)33-43(50)39-19-17-16-18-20-39)51-26-22-41(59(5,6)7)34-49(51)64(55)57-56(44-36-47-48(37-54(44)67-57)63(14,15)30-29-62(47,12)13)65(52)42-23-24-45-46(35-42)61(10,11)28-27-60(45,8)9/h16-26,31-37H,27-30H2,1-15H3/i16D,17D,18D,19D,20D. The Kier molecular flexibility index (Phi) is 8.40. The van der Waals surface area contributed by atoms with Gasteiger partial charge in [0.15, 0.2) is 0 Å². The number of aryl methyl sites for hydroxylation is 1. The van der Waals surface area contributed by atoms with Crippen molar-refractivity contribution in [3.63, 3.8) is 0 Å². The lowest BCUT2D eigenvalue weighted by molar-refractivity contribution is 0.332. The van der Waals surface area contributed by atoms with Gasteiger partial charge in [0, 0.05) is 43.2 Å². The SMILES string of the molecule is [2H]c1c([2H])c([2H])c(-c2cc(C(C)(C)C)ccc2N2c3ccc(C(C)(C)C)cc3B3c4sc5cc6c(cc5c4N(c4ccc5c(c4)C(C)(C)CCC5(C)C)c4cc(C)cc2c43)C(C)(C)CCC6(C)C)c([2H])c1[2H]. The molecule has 342 valence electrons. The minimum atomic E-state index is -0.391. The zero-order chi connectivity index (χ0) is 51.9. The van der Waals surface area contributed by atoms with Gasteiger partial charge in [0.1, 0.15) is 0 Å². The summed E-state index contributed by atoms with van der Waals surface area (Å²) in [4.78, 5) is 4.99. The van der Waals surface area contributed by atoms with E-state index in [0.717, 1.165) is 59.6 Å². The quantitative estimate of drug-likeness (QED) is 0.163. The fraction of sp³-hybridized carbons (Fsp3) is 0.397. The van der Waals surface area contributed by atoms with Crippen molar-refractivity contribution in [3.05, 3.63) is 148 Å². The molecule has 6 aromatic carbocycles. The lowest BCUT2D eigenvalue weighted by Crippen LogP contribution is -2.60. The van der Waals surface area contributed by atoms with Crippen molar-refractivity contribution in [1.29, 1.82) is 0 Å². The molecule has 2 aliphatic carbocycles. The summed E-state index contributed by atoms with van der Waals surface area (Å²) in [6.45, 7) is 34.9. The highest BCUT2D eigenvalue weighted by Gasteiger charge is 2.48. The molecule has 3 heterocycles. The van der Waals surface area contributed by atoms with Gasteiger partial charge in [-0.2, -0.15) is 0 Å². The minimum absolute atomic E-state index is 0.00243. The molecule has 0 radical (unpaired) electrons. The van der Waals surface area contributed by atoms with E-state index in [2.05, 4.69) is 193 Å². The smallest absolute Gasteiger partial charge is 0.264 e. The average Bonchev–Trinajstić information content (AvgIpc) is 3.67. The Morgan fingerprint density at radius 2 is 1.09 bits per heavy atom. The summed E-state index contributed by atoms with van der Waals surface area (Å²) in [6.07, 6.45) is 4.55. The van der Waals surface area contributed by atoms with E-state index in [0.29, 0.717) is 5.56 Å². The second-order valence-electron chi connectivity index (χ2n) is 25.3. The lowest BCUT2D eigenvalue weighted by Gasteiger charge is -2.45. The summed E-state index contributed by atoms with van der Waals surface area (Å²) in [5, 5.41) is 1.31. The highest BCUT2D eigenvalue weighted by Crippen LogP contribution is 2.55. The van der Waals surface area contributed by atoms with E-state index >= 15 is 0 Å². The first-order chi connectivity index (χ1) is 33.4. The maximum absolute atomic E-state index is 9.43. The van der Waals surface area contributed by atoms with Crippen molar-refractivity contribution in [1.82, 2.24) is 0 Å². The Morgan fingerprint density at radius 1 is 0.552 bits per heavy atom. The van der Waals surface area contributed by atoms with Crippen LogP contribution < -0.4 is 25.5 Å². The fourth-order valence-corrected chi connectivity index (χ4v) is 13.5. The van der Waals surface area contributed by atoms with Crippen LogP contribution in [0.1, 0.15) is 168 Å². The van der Waals surface area contributed by atoms with Crippen molar-refractivity contribution < 1.29 is 6.85 Å². The van der Waals surface area contributed by atoms with E-state index in [1.54, 1.807) is 0 Å². The number of nitrogens with zero attached hydrogens (tertiary/aromatic N) is 2. The monoisotopic (exact) mass is 904 g/mol. The molecule has 2 nitrogen and oxygen atoms in total. The number of anilines is 6. The number of fused-ring (bicyclic) bond motifs is 8. The van der Waals surface area contributed by atoms with Gasteiger partial charge in [-0.05, 0) is 175 Å². The van der Waals surface area contributed by atoms with Gasteiger partial charge in [-0.15, -0.1) is 11.3 Å². The summed E-state index contributed by atoms with van der Waals surface area (Å²) in [6, 6.07) is 29.2. The van der Waals surface area contributed by atoms with Gasteiger partial charge in [-0.3, -0.25) is 0 Å². The molecular weight excluding hydrogens is 828 g/mol. The third-order valence-corrected chi connectivity index (χ3v) is 17.8. The van der Waals surface area contributed by atoms with Gasteiger partial charge in [-0.25, -0.2) is 0 Å². The Balaban J connectivity index is 1.29. The van der Waals surface area contributed by atoms with E-state index in [4.69, 9.17) is 4.11 Å². The van der Waals surface area contributed by atoms with E-state index in [1.807, 2.05) is 11.3 Å². The van der Waals surface area contributed by atoms with Gasteiger partial charge in [0.05, 0.1) is 18.2 Å². The molecular formula is C63H71BN2S. The number of benzene rings is 6. The van der Waals surface area contributed by atoms with Crippen LogP contribution in [0, 0.1) is 6.92 Å². The first-order valence-corrected chi connectivity index (χ1v) is 25.6. The van der Waals surface area contributed by atoms with E-state index in [-0.39, 0.29) is 68.9 Å². The van der Waals surface area contributed by atoms with Gasteiger partial charge in [0.25, 0.3) is 6.71 Å². The van der Waals surface area contributed by atoms with Crippen molar-refractivity contribution in [2.24, 2.45) is 0 Å². The Labute approximate surface area is 414 Å². The number of rotatable bonds is 3. The second kappa shape index (κ2) is 14.5. The molecule has 7 aromatic rings. The molecule has 0 saturated heterocycles. The Hall–Kier alpha value is -5.06. The molecule has 1 aromatic heterocycles. The molecule has 4 heteroatoms. The first-order valence-electron chi connectivity index (χ1n) is 27.3. The van der Waals surface area contributed by atoms with Crippen LogP contribution >= 0.6 is 11.3 Å². The number of thiophene rings is 1. The van der Waals surface area contributed by atoms with Crippen molar-refractivity contribution in [2.75, 3.05) is 9.80 Å². The Bertz CT molecular complexity index is 3460. The van der Waals surface area contributed by atoms with E-state index in [1.165, 1.54) is 65.0 Å². The maximum atomic E-state index is 9.43. The predicted octanol–water partition coefficient (Wildman–Crippen LogP) is 16.3. The van der Waals surface area contributed by atoms with Crippen molar-refractivity contribution in [2.45, 2.75) is 162 Å². The molecule has 0 saturated carbocycles. The van der Waals surface area contributed by atoms with Gasteiger partial charge < -0.3 is 9.80 Å². The van der Waals surface area contributed by atoms with Crippen molar-refractivity contribution in [3.8, 4) is 11.1 Å². The molecule has 67 heavy (non-hydrogen) atoms. The van der Waals surface area contributed by atoms with Gasteiger partial charge in [-0.1, -0.05) is 151 Å². The molecule has 2 aliphatic heterocycles. The van der Waals surface area contributed by atoms with Crippen LogP contribution in [0.3, 0.4) is 0 Å². The van der Waals surface area contributed by atoms with E-state index < -0.39 is 6.04 Å². The summed E-state index contributed by atoms with van der Waals surface area (Å²) >= 11 is 1.96. The topological polar surface area (TPSA) is 6.48 Å². The third-order valence-electron chi connectivity index (χ3n) is 16.6. The molecule has 0 spiro atoms. The Morgan fingerprint density at radius 3 is 1.70 bits per heavy atom. The largest absolute Gasteiger partial charge is 0.311 e. The zero-order valence-corrected chi connectivity index (χ0v) is 43.5. The molecule has 0 N–H and O–H groups in total. The summed E-state index contributed by atoms with van der Waals surface area (Å²) in [7, 11) is 0. The minimum Gasteiger partial charge on any atom is -0.311 e. The number of hydrogen-bond acceptors (Lipinski definition) is 3. The molecule has 0 unspecified atom stereocenters. The van der Waals surface area contributed by atoms with Crippen LogP contribution in [0.25, 0.3) is 21.2 Å². The highest BCUT2D eigenvalue weighted by molar-refractivity contribution is 7.33. The predicted molar refractivity (Wildman–Crippen MR) is 294 cm³/mol. The van der Waals surface area contributed by atoms with Crippen LogP contribution in [-0.4, -0.2) is 6.71 Å². The van der Waals surface area contributed by atoms with Gasteiger partial charge in [0.2, 0.25) is 0 Å². The maximum Gasteiger partial charge on any atom is 0.264 e. The first kappa shape index (κ1) is 38.9. The number of hydrogen-bond donors (Lipinski definition) is 0.